The average Bonchev–Trinajstić information content (AvgIpc) is 2.69. The van der Waals surface area contributed by atoms with Gasteiger partial charge in [0.15, 0.2) is 0 Å². The maximum atomic E-state index is 11.7. The number of rotatable bonds is 3. The van der Waals surface area contributed by atoms with Gasteiger partial charge in [0.1, 0.15) is 0 Å². The molecule has 0 aromatic carbocycles. The van der Waals surface area contributed by atoms with Gasteiger partial charge in [0.25, 0.3) is 0 Å². The highest BCUT2D eigenvalue weighted by atomic mass is 16.5. The van der Waals surface area contributed by atoms with Crippen molar-refractivity contribution < 1.29 is 9.53 Å². The zero-order valence-electron chi connectivity index (χ0n) is 9.42. The largest absolute Gasteiger partial charge is 0.376 e. The van der Waals surface area contributed by atoms with Gasteiger partial charge in [0, 0.05) is 26.7 Å². The molecule has 0 radical (unpaired) electrons. The predicted molar refractivity (Wildman–Crippen MR) is 57.8 cm³/mol. The number of nitrogens with zero attached hydrogens (tertiary/aromatic N) is 1. The van der Waals surface area contributed by atoms with Crippen LogP contribution in [0.4, 0.5) is 4.79 Å². The van der Waals surface area contributed by atoms with Crippen LogP contribution in [0, 0.1) is 0 Å². The lowest BCUT2D eigenvalue weighted by Gasteiger charge is -2.40. The highest BCUT2D eigenvalue weighted by Gasteiger charge is 2.37. The molecule has 1 saturated carbocycles. The van der Waals surface area contributed by atoms with Crippen molar-refractivity contribution in [2.45, 2.75) is 37.7 Å². The summed E-state index contributed by atoms with van der Waals surface area (Å²) in [7, 11) is 1.74. The van der Waals surface area contributed by atoms with Crippen LogP contribution in [0.1, 0.15) is 32.1 Å². The Balaban J connectivity index is 1.74. The van der Waals surface area contributed by atoms with Crippen molar-refractivity contribution in [3.05, 3.63) is 0 Å². The zero-order valence-corrected chi connectivity index (χ0v) is 9.42. The molecule has 0 spiro atoms. The van der Waals surface area contributed by atoms with Crippen molar-refractivity contribution in [1.29, 1.82) is 0 Å². The third-order valence-corrected chi connectivity index (χ3v) is 3.65. The summed E-state index contributed by atoms with van der Waals surface area (Å²) in [5.74, 6) is 0. The molecule has 1 aliphatic carbocycles. The zero-order chi connectivity index (χ0) is 10.7. The molecule has 2 aliphatic rings. The van der Waals surface area contributed by atoms with Crippen molar-refractivity contribution in [2.24, 2.45) is 0 Å². The summed E-state index contributed by atoms with van der Waals surface area (Å²) >= 11 is 0. The number of amides is 2. The normalized spacial score (nSPS) is 23.7. The molecule has 86 valence electrons. The number of hydrogen-bond acceptors (Lipinski definition) is 2. The van der Waals surface area contributed by atoms with Gasteiger partial charge in [-0.2, -0.15) is 0 Å². The lowest BCUT2D eigenvalue weighted by Crippen LogP contribution is -2.51. The molecule has 2 fully saturated rings. The van der Waals surface area contributed by atoms with Gasteiger partial charge in [0.2, 0.25) is 0 Å². The molecule has 2 rings (SSSR count). The first-order chi connectivity index (χ1) is 7.26. The van der Waals surface area contributed by atoms with Crippen molar-refractivity contribution in [3.63, 3.8) is 0 Å². The minimum atomic E-state index is -0.0601. The van der Waals surface area contributed by atoms with Crippen LogP contribution in [0.3, 0.4) is 0 Å². The number of carbonyl (C=O) groups is 1. The first kappa shape index (κ1) is 10.7. The molecule has 1 aliphatic heterocycles. The predicted octanol–water partition coefficient (Wildman–Crippen LogP) is 1.36. The fraction of sp³-hybridized carbons (Fsp3) is 0.909. The molecule has 4 heteroatoms. The Hall–Kier alpha value is -0.770. The van der Waals surface area contributed by atoms with Crippen molar-refractivity contribution in [1.82, 2.24) is 10.2 Å². The average molecular weight is 212 g/mol. The Morgan fingerprint density at radius 3 is 2.47 bits per heavy atom. The quantitative estimate of drug-likeness (QED) is 0.767. The van der Waals surface area contributed by atoms with E-state index in [1.54, 1.807) is 7.11 Å². The summed E-state index contributed by atoms with van der Waals surface area (Å²) in [6.07, 6.45) is 5.65. The number of hydrogen-bond donors (Lipinski definition) is 1. The Bertz CT molecular complexity index is 227. The van der Waals surface area contributed by atoms with Gasteiger partial charge in [-0.05, 0) is 32.1 Å². The summed E-state index contributed by atoms with van der Waals surface area (Å²) < 4.78 is 5.45. The summed E-state index contributed by atoms with van der Waals surface area (Å²) in [4.78, 5) is 13.6. The first-order valence-electron chi connectivity index (χ1n) is 5.84. The molecule has 4 nitrogen and oxygen atoms in total. The fourth-order valence-corrected chi connectivity index (χ4v) is 2.29. The van der Waals surface area contributed by atoms with E-state index in [9.17, 15) is 4.79 Å². The van der Waals surface area contributed by atoms with Gasteiger partial charge < -0.3 is 15.0 Å². The maximum absolute atomic E-state index is 11.7. The maximum Gasteiger partial charge on any atom is 0.317 e. The van der Waals surface area contributed by atoms with Crippen molar-refractivity contribution in [3.8, 4) is 0 Å². The minimum absolute atomic E-state index is 0.0601. The number of likely N-dealkylation sites (tertiary alicyclic amines) is 1. The Labute approximate surface area is 91.0 Å². The molecule has 0 bridgehead atoms. The molecule has 0 atom stereocenters. The van der Waals surface area contributed by atoms with Crippen LogP contribution in [0.2, 0.25) is 0 Å². The van der Waals surface area contributed by atoms with Crippen LogP contribution in [0.25, 0.3) is 0 Å². The van der Waals surface area contributed by atoms with Crippen molar-refractivity contribution in [2.75, 3.05) is 26.7 Å². The van der Waals surface area contributed by atoms with Crippen LogP contribution < -0.4 is 5.32 Å². The third-order valence-electron chi connectivity index (χ3n) is 3.65. The number of nitrogens with one attached hydrogen (secondary N) is 1. The van der Waals surface area contributed by atoms with Gasteiger partial charge in [-0.3, -0.25) is 0 Å². The van der Waals surface area contributed by atoms with Gasteiger partial charge in [-0.15, -0.1) is 0 Å². The van der Waals surface area contributed by atoms with E-state index < -0.39 is 0 Å². The van der Waals surface area contributed by atoms with E-state index in [0.717, 1.165) is 38.8 Å². The third kappa shape index (κ3) is 2.25. The summed E-state index contributed by atoms with van der Waals surface area (Å²) in [6, 6.07) is 0.0795. The molecule has 0 unspecified atom stereocenters. The van der Waals surface area contributed by atoms with E-state index in [4.69, 9.17) is 4.74 Å². The minimum Gasteiger partial charge on any atom is -0.376 e. The monoisotopic (exact) mass is 212 g/mol. The molecule has 0 aromatic rings. The molecular weight excluding hydrogens is 192 g/mol. The lowest BCUT2D eigenvalue weighted by molar-refractivity contribution is -0.0678. The first-order valence-corrected chi connectivity index (χ1v) is 5.84. The fourth-order valence-electron chi connectivity index (χ4n) is 2.29. The second-order valence-electron chi connectivity index (χ2n) is 4.59. The van der Waals surface area contributed by atoms with Crippen LogP contribution in [-0.2, 0) is 4.74 Å². The molecule has 15 heavy (non-hydrogen) atoms. The van der Waals surface area contributed by atoms with E-state index in [-0.39, 0.29) is 11.6 Å². The number of urea groups is 1. The summed E-state index contributed by atoms with van der Waals surface area (Å²) in [6.45, 7) is 2.48. The summed E-state index contributed by atoms with van der Waals surface area (Å²) in [5, 5.41) is 2.98. The number of ether oxygens (including phenoxy) is 1. The number of methoxy groups -OCH3 is 1. The topological polar surface area (TPSA) is 41.6 Å². The van der Waals surface area contributed by atoms with Crippen LogP contribution in [0.15, 0.2) is 0 Å². The molecule has 0 aromatic heterocycles. The Morgan fingerprint density at radius 1 is 1.33 bits per heavy atom. The smallest absolute Gasteiger partial charge is 0.317 e. The van der Waals surface area contributed by atoms with E-state index in [0.29, 0.717) is 6.54 Å². The van der Waals surface area contributed by atoms with E-state index >= 15 is 0 Å². The SMILES string of the molecule is COC1(CNC(=O)N2CCCC2)CCC1. The van der Waals surface area contributed by atoms with Crippen LogP contribution in [-0.4, -0.2) is 43.3 Å². The van der Waals surface area contributed by atoms with Gasteiger partial charge >= 0.3 is 6.03 Å². The van der Waals surface area contributed by atoms with Gasteiger partial charge in [-0.1, -0.05) is 0 Å². The second kappa shape index (κ2) is 4.39. The summed E-state index contributed by atoms with van der Waals surface area (Å²) in [5.41, 5.74) is -0.0601. The molecule has 1 saturated heterocycles. The standard InChI is InChI=1S/C11H20N2O2/c1-15-11(5-4-6-11)9-12-10(14)13-7-2-3-8-13/h2-9H2,1H3,(H,12,14). The molecule has 2 amide bonds. The highest BCUT2D eigenvalue weighted by molar-refractivity contribution is 5.74. The molecular formula is C11H20N2O2. The van der Waals surface area contributed by atoms with E-state index in [1.165, 1.54) is 6.42 Å². The van der Waals surface area contributed by atoms with Crippen molar-refractivity contribution >= 4 is 6.03 Å². The molecule has 1 N–H and O–H groups in total. The van der Waals surface area contributed by atoms with Gasteiger partial charge in [-0.25, -0.2) is 4.79 Å². The van der Waals surface area contributed by atoms with E-state index in [1.807, 2.05) is 4.90 Å². The number of carbonyl (C=O) groups excluding carboxylic acids is 1. The Kier molecular flexibility index (Phi) is 3.14. The molecule has 1 heterocycles. The highest BCUT2D eigenvalue weighted by Crippen LogP contribution is 2.34. The lowest BCUT2D eigenvalue weighted by atomic mass is 9.80. The van der Waals surface area contributed by atoms with E-state index in [2.05, 4.69) is 5.32 Å². The van der Waals surface area contributed by atoms with Gasteiger partial charge in [0.05, 0.1) is 5.60 Å². The second-order valence-corrected chi connectivity index (χ2v) is 4.59. The Morgan fingerprint density at radius 2 is 2.00 bits per heavy atom. The van der Waals surface area contributed by atoms with Crippen LogP contribution >= 0.6 is 0 Å². The van der Waals surface area contributed by atoms with Crippen LogP contribution in [0.5, 0.6) is 0 Å².